The van der Waals surface area contributed by atoms with Crippen molar-refractivity contribution in [3.63, 3.8) is 0 Å². The normalized spacial score (nSPS) is 24.8. The molecule has 22 heavy (non-hydrogen) atoms. The van der Waals surface area contributed by atoms with Crippen molar-refractivity contribution in [3.8, 4) is 0 Å². The lowest BCUT2D eigenvalue weighted by atomic mass is 9.81. The Labute approximate surface area is 132 Å². The highest BCUT2D eigenvalue weighted by Crippen LogP contribution is 2.45. The molecule has 1 rings (SSSR count). The van der Waals surface area contributed by atoms with Gasteiger partial charge < -0.3 is 15.1 Å². The summed E-state index contributed by atoms with van der Waals surface area (Å²) in [7, 11) is 4.03. The van der Waals surface area contributed by atoms with Crippen LogP contribution in [-0.2, 0) is 9.59 Å². The lowest BCUT2D eigenvalue weighted by molar-refractivity contribution is -0.192. The van der Waals surface area contributed by atoms with Crippen molar-refractivity contribution in [2.75, 3.05) is 20.6 Å². The summed E-state index contributed by atoms with van der Waals surface area (Å²) in [5.74, 6) is -3.41. The van der Waals surface area contributed by atoms with Crippen LogP contribution in [-0.4, -0.2) is 59.1 Å². The molecule has 2 atom stereocenters. The van der Waals surface area contributed by atoms with E-state index in [4.69, 9.17) is 9.90 Å². The zero-order valence-corrected chi connectivity index (χ0v) is 13.5. The number of carboxylic acids is 2. The molecule has 0 aromatic heterocycles. The topological polar surface area (TPSA) is 77.8 Å². The van der Waals surface area contributed by atoms with Crippen LogP contribution in [0.15, 0.2) is 0 Å². The Morgan fingerprint density at radius 2 is 1.82 bits per heavy atom. The zero-order valence-electron chi connectivity index (χ0n) is 12.6. The summed E-state index contributed by atoms with van der Waals surface area (Å²) in [6, 6.07) is 0. The number of carboxylic acid groups (broad SMARTS) is 2. The highest BCUT2D eigenvalue weighted by Gasteiger charge is 2.46. The molecule has 0 aromatic carbocycles. The lowest BCUT2D eigenvalue weighted by Gasteiger charge is -2.28. The summed E-state index contributed by atoms with van der Waals surface area (Å²) in [6.45, 7) is 0.954. The molecular formula is C13H22F3NO4S. The van der Waals surface area contributed by atoms with E-state index in [0.29, 0.717) is 0 Å². The van der Waals surface area contributed by atoms with Crippen molar-refractivity contribution in [1.29, 1.82) is 0 Å². The molecule has 1 saturated carbocycles. The van der Waals surface area contributed by atoms with Gasteiger partial charge in [0.15, 0.2) is 0 Å². The molecule has 5 nitrogen and oxygen atoms in total. The van der Waals surface area contributed by atoms with Crippen LogP contribution in [0.1, 0.15) is 32.1 Å². The molecule has 1 aliphatic rings. The molecule has 0 radical (unpaired) electrons. The second-order valence-electron chi connectivity index (χ2n) is 5.58. The summed E-state index contributed by atoms with van der Waals surface area (Å²) in [5, 5.41) is 16.5. The van der Waals surface area contributed by atoms with E-state index >= 15 is 0 Å². The predicted molar refractivity (Wildman–Crippen MR) is 78.2 cm³/mol. The van der Waals surface area contributed by atoms with Gasteiger partial charge in [0.2, 0.25) is 0 Å². The van der Waals surface area contributed by atoms with Crippen molar-refractivity contribution in [1.82, 2.24) is 4.90 Å². The fourth-order valence-electron chi connectivity index (χ4n) is 2.41. The summed E-state index contributed by atoms with van der Waals surface area (Å²) in [6.07, 6.45) is -0.644. The molecule has 9 heteroatoms. The monoisotopic (exact) mass is 345 g/mol. The van der Waals surface area contributed by atoms with Gasteiger partial charge in [-0.2, -0.15) is 25.8 Å². The van der Waals surface area contributed by atoms with Crippen LogP contribution < -0.4 is 0 Å². The van der Waals surface area contributed by atoms with Crippen molar-refractivity contribution in [3.05, 3.63) is 0 Å². The Kier molecular flexibility index (Phi) is 8.24. The van der Waals surface area contributed by atoms with E-state index < -0.39 is 23.5 Å². The molecule has 0 bridgehead atoms. The first-order valence-electron chi connectivity index (χ1n) is 6.80. The quantitative estimate of drug-likeness (QED) is 0.668. The van der Waals surface area contributed by atoms with E-state index in [1.54, 1.807) is 0 Å². The summed E-state index contributed by atoms with van der Waals surface area (Å²) in [4.78, 5) is 22.3. The van der Waals surface area contributed by atoms with Crippen LogP contribution in [0.25, 0.3) is 0 Å². The van der Waals surface area contributed by atoms with Crippen LogP contribution in [0, 0.1) is 5.41 Å². The molecule has 0 heterocycles. The van der Waals surface area contributed by atoms with Crippen molar-refractivity contribution in [2.45, 2.75) is 43.5 Å². The van der Waals surface area contributed by atoms with E-state index in [1.807, 2.05) is 14.1 Å². The van der Waals surface area contributed by atoms with E-state index in [2.05, 4.69) is 17.5 Å². The van der Waals surface area contributed by atoms with Crippen molar-refractivity contribution >= 4 is 24.6 Å². The molecule has 0 aliphatic heterocycles. The second-order valence-corrected chi connectivity index (χ2v) is 6.20. The van der Waals surface area contributed by atoms with Gasteiger partial charge in [0, 0.05) is 5.25 Å². The number of aliphatic carboxylic acids is 2. The molecule has 2 N–H and O–H groups in total. The molecule has 1 aliphatic carbocycles. The first-order valence-corrected chi connectivity index (χ1v) is 7.31. The maximum absolute atomic E-state index is 11.3. The standard InChI is InChI=1S/C11H21NO2S.C2HF3O2/c1-12(2)8-4-7-11(10(13)14)6-3-5-9(11)15;3-2(4,5)1(6)7/h9,15H,3-8H2,1-2H3,(H,13,14);(H,6,7)/t9-,11-;/m0./s1. The van der Waals surface area contributed by atoms with E-state index in [0.717, 1.165) is 38.6 Å². The Hall–Kier alpha value is -0.960. The molecule has 0 aromatic rings. The highest BCUT2D eigenvalue weighted by molar-refractivity contribution is 7.81. The van der Waals surface area contributed by atoms with Gasteiger partial charge in [-0.15, -0.1) is 0 Å². The van der Waals surface area contributed by atoms with Crippen LogP contribution in [0.2, 0.25) is 0 Å². The SMILES string of the molecule is CN(C)CCC[C@@]1(C(=O)O)CCC[C@@H]1S.O=C(O)C(F)(F)F. The maximum atomic E-state index is 11.3. The molecule has 0 unspecified atom stereocenters. The Morgan fingerprint density at radius 1 is 1.32 bits per heavy atom. The van der Waals surface area contributed by atoms with Crippen molar-refractivity contribution in [2.24, 2.45) is 5.41 Å². The van der Waals surface area contributed by atoms with E-state index in [9.17, 15) is 23.1 Å². The van der Waals surface area contributed by atoms with Gasteiger partial charge in [-0.3, -0.25) is 4.79 Å². The van der Waals surface area contributed by atoms with Gasteiger partial charge >= 0.3 is 18.1 Å². The molecule has 0 amide bonds. The van der Waals surface area contributed by atoms with Gasteiger partial charge in [-0.05, 0) is 46.3 Å². The largest absolute Gasteiger partial charge is 0.490 e. The number of rotatable bonds is 5. The highest BCUT2D eigenvalue weighted by atomic mass is 32.1. The van der Waals surface area contributed by atoms with Crippen LogP contribution in [0.3, 0.4) is 0 Å². The zero-order chi connectivity index (χ0) is 17.6. The fraction of sp³-hybridized carbons (Fsp3) is 0.846. The minimum absolute atomic E-state index is 0.0390. The smallest absolute Gasteiger partial charge is 0.481 e. The van der Waals surface area contributed by atoms with Gasteiger partial charge in [0.05, 0.1) is 5.41 Å². The number of thiol groups is 1. The van der Waals surface area contributed by atoms with E-state index in [1.165, 1.54) is 0 Å². The average molecular weight is 345 g/mol. The third kappa shape index (κ3) is 6.43. The number of alkyl halides is 3. The number of halogens is 3. The molecule has 0 spiro atoms. The van der Waals surface area contributed by atoms with Gasteiger partial charge in [0.25, 0.3) is 0 Å². The predicted octanol–water partition coefficient (Wildman–Crippen LogP) is 2.51. The Balaban J connectivity index is 0.000000534. The second kappa shape index (κ2) is 8.61. The summed E-state index contributed by atoms with van der Waals surface area (Å²) in [5.41, 5.74) is -0.556. The molecular weight excluding hydrogens is 323 g/mol. The Bertz CT molecular complexity index is 390. The molecule has 130 valence electrons. The molecule has 1 fully saturated rings. The summed E-state index contributed by atoms with van der Waals surface area (Å²) < 4.78 is 31.7. The minimum atomic E-state index is -5.08. The first kappa shape index (κ1) is 21.0. The Morgan fingerprint density at radius 3 is 2.09 bits per heavy atom. The van der Waals surface area contributed by atoms with Gasteiger partial charge in [0.1, 0.15) is 0 Å². The average Bonchev–Trinajstić information content (AvgIpc) is 2.71. The van der Waals surface area contributed by atoms with Gasteiger partial charge in [-0.25, -0.2) is 4.79 Å². The number of hydrogen-bond donors (Lipinski definition) is 3. The minimum Gasteiger partial charge on any atom is -0.481 e. The fourth-order valence-corrected chi connectivity index (χ4v) is 2.96. The maximum Gasteiger partial charge on any atom is 0.490 e. The lowest BCUT2D eigenvalue weighted by Crippen LogP contribution is -2.36. The number of hydrogen-bond acceptors (Lipinski definition) is 4. The van der Waals surface area contributed by atoms with E-state index in [-0.39, 0.29) is 5.25 Å². The number of carbonyl (C=O) groups is 2. The van der Waals surface area contributed by atoms with Gasteiger partial charge in [-0.1, -0.05) is 6.42 Å². The number of nitrogens with zero attached hydrogens (tertiary/aromatic N) is 1. The first-order chi connectivity index (χ1) is 9.93. The third-order valence-electron chi connectivity index (χ3n) is 3.63. The van der Waals surface area contributed by atoms with Crippen LogP contribution >= 0.6 is 12.6 Å². The third-order valence-corrected chi connectivity index (χ3v) is 4.39. The van der Waals surface area contributed by atoms with Crippen LogP contribution in [0.5, 0.6) is 0 Å². The van der Waals surface area contributed by atoms with Crippen molar-refractivity contribution < 1.29 is 33.0 Å². The van der Waals surface area contributed by atoms with Crippen LogP contribution in [0.4, 0.5) is 13.2 Å². The summed E-state index contributed by atoms with van der Waals surface area (Å²) >= 11 is 4.44. The molecule has 0 saturated heterocycles.